The van der Waals surface area contributed by atoms with E-state index in [0.29, 0.717) is 41.1 Å². The molecule has 1 aromatic carbocycles. The van der Waals surface area contributed by atoms with Gasteiger partial charge in [-0.1, -0.05) is 6.07 Å². The van der Waals surface area contributed by atoms with Crippen LogP contribution in [0.4, 0.5) is 19.0 Å². The maximum absolute atomic E-state index is 14.1. The van der Waals surface area contributed by atoms with Gasteiger partial charge in [0.15, 0.2) is 0 Å². The summed E-state index contributed by atoms with van der Waals surface area (Å²) in [5.74, 6) is 0.0531. The maximum Gasteiger partial charge on any atom is 0.433 e. The molecular weight excluding hydrogens is 501 g/mol. The number of carbonyl (C=O) groups is 1. The molecule has 38 heavy (non-hydrogen) atoms. The van der Waals surface area contributed by atoms with Gasteiger partial charge in [-0.25, -0.2) is 9.97 Å². The molecule has 1 fully saturated rings. The summed E-state index contributed by atoms with van der Waals surface area (Å²) < 4.78 is 52.6. The smallest absolute Gasteiger partial charge is 0.383 e. The number of pyridine rings is 2. The highest BCUT2D eigenvalue weighted by Crippen LogP contribution is 2.37. The maximum atomic E-state index is 14.1. The normalized spacial score (nSPS) is 19.7. The second-order valence-electron chi connectivity index (χ2n) is 9.72. The van der Waals surface area contributed by atoms with Crippen molar-refractivity contribution in [3.63, 3.8) is 0 Å². The summed E-state index contributed by atoms with van der Waals surface area (Å²) in [6, 6.07) is 5.43. The largest absolute Gasteiger partial charge is 0.433 e. The molecule has 9 nitrogen and oxygen atoms in total. The van der Waals surface area contributed by atoms with Crippen molar-refractivity contribution in [1.82, 2.24) is 24.6 Å². The van der Waals surface area contributed by atoms with Crippen molar-refractivity contribution < 1.29 is 27.4 Å². The van der Waals surface area contributed by atoms with Crippen molar-refractivity contribution in [2.24, 2.45) is 7.05 Å². The predicted octanol–water partition coefficient (Wildman–Crippen LogP) is 3.96. The Labute approximate surface area is 215 Å². The number of ether oxygens (including phenoxy) is 2. The minimum absolute atomic E-state index is 0.0112. The highest BCUT2D eigenvalue weighted by atomic mass is 19.4. The summed E-state index contributed by atoms with van der Waals surface area (Å²) in [4.78, 5) is 24.0. The molecule has 2 atom stereocenters. The number of anilines is 1. The average Bonchev–Trinajstić information content (AvgIpc) is 3.57. The van der Waals surface area contributed by atoms with Crippen molar-refractivity contribution >= 4 is 33.5 Å². The van der Waals surface area contributed by atoms with Gasteiger partial charge in [-0.15, -0.1) is 0 Å². The van der Waals surface area contributed by atoms with E-state index < -0.39 is 17.9 Å². The van der Waals surface area contributed by atoms with E-state index in [1.165, 1.54) is 11.0 Å². The Bertz CT molecular complexity index is 1580. The fourth-order valence-electron chi connectivity index (χ4n) is 5.42. The van der Waals surface area contributed by atoms with Crippen LogP contribution in [0.1, 0.15) is 51.3 Å². The fraction of sp³-hybridized carbons (Fsp3) is 0.385. The summed E-state index contributed by atoms with van der Waals surface area (Å²) in [6.07, 6.45) is -2.18. The van der Waals surface area contributed by atoms with E-state index in [1.807, 2.05) is 12.1 Å². The van der Waals surface area contributed by atoms with Gasteiger partial charge in [0.2, 0.25) is 0 Å². The molecule has 1 unspecified atom stereocenters. The lowest BCUT2D eigenvalue weighted by atomic mass is 9.90. The summed E-state index contributed by atoms with van der Waals surface area (Å²) in [7, 11) is 3.43. The second-order valence-corrected chi connectivity index (χ2v) is 9.72. The number of rotatable bonds is 3. The van der Waals surface area contributed by atoms with Gasteiger partial charge in [0.1, 0.15) is 11.5 Å². The number of aryl methyl sites for hydroxylation is 1. The van der Waals surface area contributed by atoms with E-state index >= 15 is 0 Å². The van der Waals surface area contributed by atoms with Gasteiger partial charge in [0.25, 0.3) is 5.91 Å². The van der Waals surface area contributed by atoms with Crippen molar-refractivity contribution in [3.8, 4) is 0 Å². The van der Waals surface area contributed by atoms with Crippen LogP contribution in [0, 0.1) is 0 Å². The number of benzene rings is 1. The Morgan fingerprint density at radius 1 is 1.13 bits per heavy atom. The van der Waals surface area contributed by atoms with Crippen LogP contribution in [0.3, 0.4) is 0 Å². The number of fused-ring (bicyclic) bond motifs is 4. The lowest BCUT2D eigenvalue weighted by Crippen LogP contribution is -2.37. The molecular formula is C26H25F3N6O3. The average molecular weight is 527 g/mol. The summed E-state index contributed by atoms with van der Waals surface area (Å²) in [5, 5.41) is 5.73. The first-order valence-corrected chi connectivity index (χ1v) is 12.2. The quantitative estimate of drug-likeness (QED) is 0.430. The number of carbonyl (C=O) groups excluding carboxylic acids is 1. The monoisotopic (exact) mass is 526 g/mol. The number of amides is 1. The minimum Gasteiger partial charge on any atom is -0.383 e. The van der Waals surface area contributed by atoms with Crippen LogP contribution < -0.4 is 5.73 Å². The third-order valence-corrected chi connectivity index (χ3v) is 7.44. The van der Waals surface area contributed by atoms with E-state index in [4.69, 9.17) is 15.2 Å². The van der Waals surface area contributed by atoms with E-state index in [-0.39, 0.29) is 30.7 Å². The van der Waals surface area contributed by atoms with Gasteiger partial charge in [0.05, 0.1) is 54.2 Å². The zero-order valence-corrected chi connectivity index (χ0v) is 20.7. The minimum atomic E-state index is -4.57. The Balaban J connectivity index is 1.46. The third-order valence-electron chi connectivity index (χ3n) is 7.44. The van der Waals surface area contributed by atoms with Crippen LogP contribution in [-0.2, 0) is 29.3 Å². The number of likely N-dealkylation sites (N-methyl/N-ethyl adjacent to an activating group) is 1. The van der Waals surface area contributed by atoms with Gasteiger partial charge in [-0.2, -0.15) is 18.3 Å². The molecule has 2 aliphatic rings. The molecule has 0 bridgehead atoms. The number of alkyl halides is 3. The molecule has 198 valence electrons. The first-order chi connectivity index (χ1) is 18.1. The predicted molar refractivity (Wildman–Crippen MR) is 132 cm³/mol. The molecule has 0 radical (unpaired) electrons. The first-order valence-electron chi connectivity index (χ1n) is 12.2. The molecule has 0 saturated carbocycles. The van der Waals surface area contributed by atoms with Crippen LogP contribution in [-0.4, -0.2) is 57.4 Å². The Morgan fingerprint density at radius 3 is 2.68 bits per heavy atom. The SMILES string of the molecule is CN(C(=O)c1cc2c(cc1C1CCOC1)nc(N)c1cnn(C)c12)[C@@H]1COCc2nc(C(F)(F)F)ccc21. The number of nitrogen functional groups attached to an aromatic ring is 1. The van der Waals surface area contributed by atoms with Crippen LogP contribution in [0.25, 0.3) is 21.8 Å². The van der Waals surface area contributed by atoms with Crippen LogP contribution in [0.5, 0.6) is 0 Å². The first kappa shape index (κ1) is 24.6. The van der Waals surface area contributed by atoms with Gasteiger partial charge in [0, 0.05) is 43.1 Å². The molecule has 0 spiro atoms. The van der Waals surface area contributed by atoms with Gasteiger partial charge in [-0.05, 0) is 30.2 Å². The Morgan fingerprint density at radius 2 is 1.95 bits per heavy atom. The van der Waals surface area contributed by atoms with Crippen LogP contribution >= 0.6 is 0 Å². The van der Waals surface area contributed by atoms with E-state index in [9.17, 15) is 18.0 Å². The molecule has 2 aliphatic heterocycles. The van der Waals surface area contributed by atoms with Crippen molar-refractivity contribution in [2.45, 2.75) is 31.2 Å². The number of halogens is 3. The number of nitrogens with zero attached hydrogens (tertiary/aromatic N) is 5. The third kappa shape index (κ3) is 3.95. The van der Waals surface area contributed by atoms with Crippen LogP contribution in [0.15, 0.2) is 30.5 Å². The molecule has 12 heteroatoms. The van der Waals surface area contributed by atoms with Gasteiger partial charge in [-0.3, -0.25) is 9.48 Å². The Hall–Kier alpha value is -3.77. The molecule has 3 aromatic heterocycles. The highest BCUT2D eigenvalue weighted by Gasteiger charge is 2.36. The Kier molecular flexibility index (Phi) is 5.76. The van der Waals surface area contributed by atoms with Gasteiger partial charge >= 0.3 is 6.18 Å². The zero-order chi connectivity index (χ0) is 26.8. The van der Waals surface area contributed by atoms with Crippen LogP contribution in [0.2, 0.25) is 0 Å². The summed E-state index contributed by atoms with van der Waals surface area (Å²) >= 11 is 0. The summed E-state index contributed by atoms with van der Waals surface area (Å²) in [6.45, 7) is 1.14. The molecule has 0 aliphatic carbocycles. The van der Waals surface area contributed by atoms with E-state index in [2.05, 4.69) is 15.1 Å². The number of hydrogen-bond donors (Lipinski definition) is 1. The number of aromatic nitrogens is 4. The lowest BCUT2D eigenvalue weighted by Gasteiger charge is -2.33. The number of hydrogen-bond acceptors (Lipinski definition) is 7. The standard InChI is InChI=1S/C26H25F3N6O3/c1-34(21-12-38-11-20-14(21)3-4-22(32-20)26(27,28)29)25(36)16-7-17-19(8-15(16)13-5-6-37-10-13)33-24(30)18-9-31-35(2)23(17)18/h3-4,7-9,13,21H,5-6,10-12H2,1-2H3,(H2,30,33)/t13?,21-/m1/s1. The molecule has 4 aromatic rings. The van der Waals surface area contributed by atoms with Gasteiger partial charge < -0.3 is 20.1 Å². The molecule has 5 heterocycles. The van der Waals surface area contributed by atoms with E-state index in [0.717, 1.165) is 29.0 Å². The zero-order valence-electron chi connectivity index (χ0n) is 20.7. The lowest BCUT2D eigenvalue weighted by molar-refractivity contribution is -0.141. The van der Waals surface area contributed by atoms with Crippen molar-refractivity contribution in [2.75, 3.05) is 32.6 Å². The molecule has 1 saturated heterocycles. The molecule has 2 N–H and O–H groups in total. The van der Waals surface area contributed by atoms with Crippen molar-refractivity contribution in [1.29, 1.82) is 0 Å². The number of nitrogens with two attached hydrogens (primary N) is 1. The molecule has 1 amide bonds. The second kappa shape index (κ2) is 8.91. The fourth-order valence-corrected chi connectivity index (χ4v) is 5.42. The summed E-state index contributed by atoms with van der Waals surface area (Å²) in [5.41, 5.74) is 8.61. The molecule has 6 rings (SSSR count). The highest BCUT2D eigenvalue weighted by molar-refractivity contribution is 6.10. The topological polar surface area (TPSA) is 108 Å². The van der Waals surface area contributed by atoms with E-state index in [1.54, 1.807) is 25.0 Å². The van der Waals surface area contributed by atoms with Crippen molar-refractivity contribution in [3.05, 3.63) is 58.5 Å².